The first-order chi connectivity index (χ1) is 15.3. The monoisotopic (exact) mass is 400 g/mol. The summed E-state index contributed by atoms with van der Waals surface area (Å²) in [5.41, 5.74) is 10.9. The number of fused-ring (bicyclic) bond motifs is 5. The Morgan fingerprint density at radius 2 is 1.03 bits per heavy atom. The molecule has 2 aromatic heterocycles. The van der Waals surface area contributed by atoms with E-state index >= 15 is 0 Å². The van der Waals surface area contributed by atoms with Gasteiger partial charge >= 0.3 is 0 Å². The molecule has 1 aliphatic carbocycles. The van der Waals surface area contributed by atoms with Crippen molar-refractivity contribution in [3.05, 3.63) is 96.1 Å². The zero-order chi connectivity index (χ0) is 20.4. The first-order valence-electron chi connectivity index (χ1n) is 10.2. The van der Waals surface area contributed by atoms with Crippen LogP contribution in [0, 0.1) is 0 Å². The standard InChI is InChI=1S/C25H16N6/c1-3-7-24-22(5-1)26-28-30(24)18-11-9-16-13-17-10-12-19(15-21(17)20(16)14-18)31-25-8-4-2-6-23(25)27-29-31/h1-12,14-15H,13H2. The fourth-order valence-corrected chi connectivity index (χ4v) is 4.53. The molecule has 0 saturated carbocycles. The summed E-state index contributed by atoms with van der Waals surface area (Å²) < 4.78 is 3.81. The van der Waals surface area contributed by atoms with Gasteiger partial charge in [0.1, 0.15) is 11.0 Å². The Morgan fingerprint density at radius 1 is 0.548 bits per heavy atom. The van der Waals surface area contributed by atoms with E-state index in [-0.39, 0.29) is 0 Å². The number of hydrogen-bond acceptors (Lipinski definition) is 4. The van der Waals surface area contributed by atoms with Gasteiger partial charge in [0.15, 0.2) is 0 Å². The number of rotatable bonds is 2. The lowest BCUT2D eigenvalue weighted by Crippen LogP contribution is -1.98. The Kier molecular flexibility index (Phi) is 3.24. The van der Waals surface area contributed by atoms with Crippen molar-refractivity contribution in [3.8, 4) is 22.5 Å². The summed E-state index contributed by atoms with van der Waals surface area (Å²) in [6, 6.07) is 29.1. The third-order valence-electron chi connectivity index (χ3n) is 6.05. The number of nitrogens with zero attached hydrogens (tertiary/aromatic N) is 6. The fourth-order valence-electron chi connectivity index (χ4n) is 4.53. The Labute approximate surface area is 177 Å². The van der Waals surface area contributed by atoms with Crippen molar-refractivity contribution in [2.45, 2.75) is 6.42 Å². The van der Waals surface area contributed by atoms with Gasteiger partial charge in [0.2, 0.25) is 0 Å². The number of aromatic nitrogens is 6. The van der Waals surface area contributed by atoms with Crippen LogP contribution in [-0.4, -0.2) is 30.0 Å². The van der Waals surface area contributed by atoms with Gasteiger partial charge in [0, 0.05) is 0 Å². The highest BCUT2D eigenvalue weighted by molar-refractivity contribution is 5.82. The maximum absolute atomic E-state index is 4.38. The molecule has 0 radical (unpaired) electrons. The summed E-state index contributed by atoms with van der Waals surface area (Å²) in [6.45, 7) is 0. The maximum Gasteiger partial charge on any atom is 0.113 e. The molecule has 0 aliphatic heterocycles. The van der Waals surface area contributed by atoms with E-state index in [9.17, 15) is 0 Å². The molecule has 6 heteroatoms. The quantitative estimate of drug-likeness (QED) is 0.421. The summed E-state index contributed by atoms with van der Waals surface area (Å²) in [4.78, 5) is 0. The van der Waals surface area contributed by atoms with Crippen LogP contribution in [0.1, 0.15) is 11.1 Å². The Morgan fingerprint density at radius 3 is 1.55 bits per heavy atom. The summed E-state index contributed by atoms with van der Waals surface area (Å²) in [5.74, 6) is 0. The van der Waals surface area contributed by atoms with Gasteiger partial charge in [0.05, 0.1) is 22.4 Å². The third kappa shape index (κ3) is 2.39. The van der Waals surface area contributed by atoms with E-state index < -0.39 is 0 Å². The van der Waals surface area contributed by atoms with Gasteiger partial charge in [0.25, 0.3) is 0 Å². The molecule has 0 N–H and O–H groups in total. The first kappa shape index (κ1) is 16.5. The Balaban J connectivity index is 1.38. The van der Waals surface area contributed by atoms with Gasteiger partial charge in [-0.05, 0) is 77.2 Å². The van der Waals surface area contributed by atoms with Gasteiger partial charge in [-0.3, -0.25) is 0 Å². The highest BCUT2D eigenvalue weighted by Gasteiger charge is 2.21. The summed E-state index contributed by atoms with van der Waals surface area (Å²) in [5, 5.41) is 17.4. The molecule has 0 atom stereocenters. The van der Waals surface area contributed by atoms with Crippen LogP contribution in [0.3, 0.4) is 0 Å². The van der Waals surface area contributed by atoms with Crippen molar-refractivity contribution in [2.24, 2.45) is 0 Å². The third-order valence-corrected chi connectivity index (χ3v) is 6.05. The maximum atomic E-state index is 4.38. The summed E-state index contributed by atoms with van der Waals surface area (Å²) in [7, 11) is 0. The smallest absolute Gasteiger partial charge is 0.113 e. The van der Waals surface area contributed by atoms with Crippen LogP contribution in [0.2, 0.25) is 0 Å². The first-order valence-corrected chi connectivity index (χ1v) is 10.2. The van der Waals surface area contributed by atoms with Crippen LogP contribution in [-0.2, 0) is 6.42 Å². The predicted molar refractivity (Wildman–Crippen MR) is 120 cm³/mol. The molecule has 2 heterocycles. The second-order valence-corrected chi connectivity index (χ2v) is 7.84. The van der Waals surface area contributed by atoms with Crippen molar-refractivity contribution >= 4 is 22.1 Å². The Hall–Kier alpha value is -4.32. The zero-order valence-electron chi connectivity index (χ0n) is 16.5. The van der Waals surface area contributed by atoms with Crippen LogP contribution >= 0.6 is 0 Å². The van der Waals surface area contributed by atoms with E-state index in [0.29, 0.717) is 0 Å². The fraction of sp³-hybridized carbons (Fsp3) is 0.0400. The molecule has 31 heavy (non-hydrogen) atoms. The lowest BCUT2D eigenvalue weighted by molar-refractivity contribution is 0.823. The average molecular weight is 400 g/mol. The zero-order valence-corrected chi connectivity index (χ0v) is 16.5. The molecule has 0 saturated heterocycles. The topological polar surface area (TPSA) is 61.4 Å². The molecule has 6 nitrogen and oxygen atoms in total. The second kappa shape index (κ2) is 6.09. The number of para-hydroxylation sites is 2. The molecule has 1 aliphatic rings. The van der Waals surface area contributed by atoms with E-state index in [4.69, 9.17) is 0 Å². The largest absolute Gasteiger partial charge is 0.213 e. The van der Waals surface area contributed by atoms with Crippen molar-refractivity contribution in [1.82, 2.24) is 30.0 Å². The molecule has 7 rings (SSSR count). The Bertz CT molecular complexity index is 1500. The normalized spacial score (nSPS) is 12.4. The van der Waals surface area contributed by atoms with Gasteiger partial charge in [-0.25, -0.2) is 9.36 Å². The molecular formula is C25H16N6. The molecule has 0 bridgehead atoms. The van der Waals surface area contributed by atoms with Crippen molar-refractivity contribution < 1.29 is 0 Å². The minimum absolute atomic E-state index is 0.892. The molecule has 4 aromatic carbocycles. The van der Waals surface area contributed by atoms with E-state index in [1.54, 1.807) is 0 Å². The van der Waals surface area contributed by atoms with Gasteiger partial charge in [-0.1, -0.05) is 46.8 Å². The van der Waals surface area contributed by atoms with E-state index in [0.717, 1.165) is 39.9 Å². The minimum atomic E-state index is 0.892. The number of benzene rings is 4. The molecule has 6 aromatic rings. The van der Waals surface area contributed by atoms with Gasteiger partial charge in [-0.15, -0.1) is 10.2 Å². The molecule has 0 spiro atoms. The summed E-state index contributed by atoms with van der Waals surface area (Å²) in [6.07, 6.45) is 0.932. The highest BCUT2D eigenvalue weighted by atomic mass is 15.4. The molecule has 0 amide bonds. The minimum Gasteiger partial charge on any atom is -0.213 e. The molecule has 0 fully saturated rings. The lowest BCUT2D eigenvalue weighted by atomic mass is 10.0. The molecular weight excluding hydrogens is 384 g/mol. The molecule has 146 valence electrons. The van der Waals surface area contributed by atoms with E-state index in [1.165, 1.54) is 22.3 Å². The van der Waals surface area contributed by atoms with Crippen molar-refractivity contribution in [1.29, 1.82) is 0 Å². The molecule has 0 unspecified atom stereocenters. The lowest BCUT2D eigenvalue weighted by Gasteiger charge is -2.08. The average Bonchev–Trinajstić information content (AvgIpc) is 3.53. The van der Waals surface area contributed by atoms with Crippen LogP contribution in [0.25, 0.3) is 44.6 Å². The van der Waals surface area contributed by atoms with E-state index in [1.807, 2.05) is 57.9 Å². The highest BCUT2D eigenvalue weighted by Crippen LogP contribution is 2.39. The van der Waals surface area contributed by atoms with Crippen molar-refractivity contribution in [3.63, 3.8) is 0 Å². The van der Waals surface area contributed by atoms with Crippen LogP contribution in [0.5, 0.6) is 0 Å². The van der Waals surface area contributed by atoms with Crippen molar-refractivity contribution in [2.75, 3.05) is 0 Å². The second-order valence-electron chi connectivity index (χ2n) is 7.84. The summed E-state index contributed by atoms with van der Waals surface area (Å²) >= 11 is 0. The van der Waals surface area contributed by atoms with Crippen LogP contribution in [0.4, 0.5) is 0 Å². The van der Waals surface area contributed by atoms with Gasteiger partial charge < -0.3 is 0 Å². The predicted octanol–water partition coefficient (Wildman–Crippen LogP) is 4.73. The SMILES string of the molecule is c1ccc2c(c1)nnn2-c1ccc2c(c1)-c1cc(-n3nnc4ccccc43)ccc1C2. The van der Waals surface area contributed by atoms with E-state index in [2.05, 4.69) is 57.0 Å². The van der Waals surface area contributed by atoms with Crippen LogP contribution in [0.15, 0.2) is 84.9 Å². The number of hydrogen-bond donors (Lipinski definition) is 0. The van der Waals surface area contributed by atoms with Crippen LogP contribution < -0.4 is 0 Å². The van der Waals surface area contributed by atoms with Gasteiger partial charge in [-0.2, -0.15) is 0 Å².